The van der Waals surface area contributed by atoms with Gasteiger partial charge in [-0.25, -0.2) is 13.2 Å². The Bertz CT molecular complexity index is 961. The smallest absolute Gasteiger partial charge is 0.342 e. The molecule has 0 bridgehead atoms. The van der Waals surface area contributed by atoms with E-state index in [1.54, 1.807) is 39.8 Å². The van der Waals surface area contributed by atoms with Crippen molar-refractivity contribution in [2.75, 3.05) is 25.0 Å². The molecular formula is C19H24N2O6S. The zero-order valence-corrected chi connectivity index (χ0v) is 17.1. The number of furan rings is 1. The lowest BCUT2D eigenvalue weighted by Gasteiger charge is -2.20. The van der Waals surface area contributed by atoms with Gasteiger partial charge in [-0.15, -0.1) is 0 Å². The fourth-order valence-electron chi connectivity index (χ4n) is 2.66. The van der Waals surface area contributed by atoms with Crippen LogP contribution in [0.25, 0.3) is 0 Å². The van der Waals surface area contributed by atoms with Gasteiger partial charge in [0.2, 0.25) is 10.0 Å². The van der Waals surface area contributed by atoms with Gasteiger partial charge in [0.15, 0.2) is 6.61 Å². The summed E-state index contributed by atoms with van der Waals surface area (Å²) < 4.78 is 36.9. The first-order valence-electron chi connectivity index (χ1n) is 8.82. The van der Waals surface area contributed by atoms with Crippen LogP contribution >= 0.6 is 0 Å². The molecule has 1 heterocycles. The Hall–Kier alpha value is -2.65. The van der Waals surface area contributed by atoms with Crippen LogP contribution in [0.2, 0.25) is 0 Å². The minimum atomic E-state index is -3.66. The Labute approximate surface area is 164 Å². The van der Waals surface area contributed by atoms with E-state index in [1.165, 1.54) is 22.7 Å². The van der Waals surface area contributed by atoms with Gasteiger partial charge in [-0.3, -0.25) is 4.79 Å². The number of nitrogens with zero attached hydrogens (tertiary/aromatic N) is 1. The highest BCUT2D eigenvalue weighted by atomic mass is 32.2. The molecule has 0 aliphatic carbocycles. The summed E-state index contributed by atoms with van der Waals surface area (Å²) in [6, 6.07) is 6.08. The minimum Gasteiger partial charge on any atom is -0.469 e. The second kappa shape index (κ2) is 9.03. The molecule has 0 unspecified atom stereocenters. The van der Waals surface area contributed by atoms with E-state index in [1.807, 2.05) is 0 Å². The van der Waals surface area contributed by atoms with Crippen molar-refractivity contribution in [2.45, 2.75) is 32.6 Å². The molecule has 8 nitrogen and oxygen atoms in total. The van der Waals surface area contributed by atoms with E-state index in [-0.39, 0.29) is 10.5 Å². The van der Waals surface area contributed by atoms with Gasteiger partial charge in [-0.05, 0) is 37.6 Å². The van der Waals surface area contributed by atoms with Crippen molar-refractivity contribution in [2.24, 2.45) is 0 Å². The lowest BCUT2D eigenvalue weighted by Crippen LogP contribution is -2.31. The Kier molecular flexibility index (Phi) is 6.98. The Morgan fingerprint density at radius 2 is 1.82 bits per heavy atom. The number of carbonyl (C=O) groups excluding carboxylic acids is 2. The molecule has 152 valence electrons. The molecule has 0 saturated heterocycles. The van der Waals surface area contributed by atoms with Gasteiger partial charge >= 0.3 is 5.97 Å². The van der Waals surface area contributed by atoms with E-state index < -0.39 is 28.5 Å². The normalized spacial score (nSPS) is 11.5. The number of aryl methyl sites for hydroxylation is 2. The predicted octanol–water partition coefficient (Wildman–Crippen LogP) is 2.72. The van der Waals surface area contributed by atoms with Crippen LogP contribution in [-0.4, -0.2) is 44.3 Å². The van der Waals surface area contributed by atoms with E-state index in [0.717, 1.165) is 0 Å². The molecule has 0 fully saturated rings. The molecule has 2 rings (SSSR count). The van der Waals surface area contributed by atoms with Crippen molar-refractivity contribution >= 4 is 27.6 Å². The molecule has 0 saturated carbocycles. The van der Waals surface area contributed by atoms with Gasteiger partial charge in [0.1, 0.15) is 11.3 Å². The number of hydrogen-bond acceptors (Lipinski definition) is 6. The third-order valence-electron chi connectivity index (χ3n) is 4.21. The fraction of sp³-hybridized carbons (Fsp3) is 0.368. The van der Waals surface area contributed by atoms with E-state index in [2.05, 4.69) is 5.32 Å². The highest BCUT2D eigenvalue weighted by molar-refractivity contribution is 7.89. The minimum absolute atomic E-state index is 0.125. The second-order valence-electron chi connectivity index (χ2n) is 6.08. The zero-order valence-electron chi connectivity index (χ0n) is 16.3. The molecule has 0 atom stereocenters. The standard InChI is InChI=1S/C19H24N2O6S/c1-5-21(6-2)28(24,25)17-11-15(8-7-13(17)3)20-18(22)12-27-19(23)16-9-10-26-14(16)4/h7-11H,5-6,12H2,1-4H3,(H,20,22). The average Bonchev–Trinajstić information content (AvgIpc) is 3.08. The summed E-state index contributed by atoms with van der Waals surface area (Å²) in [6.45, 7) is 7.01. The summed E-state index contributed by atoms with van der Waals surface area (Å²) >= 11 is 0. The van der Waals surface area contributed by atoms with E-state index in [4.69, 9.17) is 9.15 Å². The van der Waals surface area contributed by atoms with Gasteiger partial charge in [0.25, 0.3) is 5.91 Å². The molecule has 0 radical (unpaired) electrons. The number of rotatable bonds is 8. The molecule has 0 aliphatic rings. The average molecular weight is 408 g/mol. The summed E-state index contributed by atoms with van der Waals surface area (Å²) in [6.07, 6.45) is 1.36. The number of nitrogens with one attached hydrogen (secondary N) is 1. The van der Waals surface area contributed by atoms with E-state index in [9.17, 15) is 18.0 Å². The number of esters is 1. The SMILES string of the molecule is CCN(CC)S(=O)(=O)c1cc(NC(=O)COC(=O)c2ccoc2C)ccc1C. The summed E-state index contributed by atoms with van der Waals surface area (Å²) in [4.78, 5) is 24.1. The predicted molar refractivity (Wildman–Crippen MR) is 104 cm³/mol. The van der Waals surface area contributed by atoms with Gasteiger partial charge in [0, 0.05) is 18.8 Å². The summed E-state index contributed by atoms with van der Waals surface area (Å²) in [5, 5.41) is 2.55. The van der Waals surface area contributed by atoms with Crippen LogP contribution in [0.1, 0.15) is 35.5 Å². The Balaban J connectivity index is 2.09. The zero-order chi connectivity index (χ0) is 20.9. The van der Waals surface area contributed by atoms with Gasteiger partial charge < -0.3 is 14.5 Å². The number of ether oxygens (including phenoxy) is 1. The number of carbonyl (C=O) groups is 2. The van der Waals surface area contributed by atoms with Gasteiger partial charge in [-0.1, -0.05) is 19.9 Å². The van der Waals surface area contributed by atoms with Crippen LogP contribution in [-0.2, 0) is 19.6 Å². The molecule has 0 aliphatic heterocycles. The van der Waals surface area contributed by atoms with Crippen molar-refractivity contribution < 1.29 is 27.2 Å². The number of sulfonamides is 1. The maximum atomic E-state index is 12.8. The van der Waals surface area contributed by atoms with Crippen LogP contribution in [0.15, 0.2) is 39.8 Å². The molecular weight excluding hydrogens is 384 g/mol. The number of anilines is 1. The lowest BCUT2D eigenvalue weighted by molar-refractivity contribution is -0.119. The molecule has 1 amide bonds. The molecule has 0 spiro atoms. The first-order valence-corrected chi connectivity index (χ1v) is 10.3. The lowest BCUT2D eigenvalue weighted by atomic mass is 10.2. The monoisotopic (exact) mass is 408 g/mol. The second-order valence-corrected chi connectivity index (χ2v) is 7.99. The van der Waals surface area contributed by atoms with Crippen molar-refractivity contribution in [3.05, 3.63) is 47.4 Å². The Morgan fingerprint density at radius 1 is 1.14 bits per heavy atom. The molecule has 28 heavy (non-hydrogen) atoms. The highest BCUT2D eigenvalue weighted by Crippen LogP contribution is 2.23. The number of hydrogen-bond donors (Lipinski definition) is 1. The maximum Gasteiger partial charge on any atom is 0.342 e. The first-order chi connectivity index (χ1) is 13.2. The molecule has 1 aromatic heterocycles. The van der Waals surface area contributed by atoms with Crippen molar-refractivity contribution in [3.63, 3.8) is 0 Å². The molecule has 2 aromatic rings. The van der Waals surface area contributed by atoms with Crippen molar-refractivity contribution in [3.8, 4) is 0 Å². The molecule has 1 aromatic carbocycles. The van der Waals surface area contributed by atoms with Crippen molar-refractivity contribution in [1.29, 1.82) is 0 Å². The van der Waals surface area contributed by atoms with Gasteiger partial charge in [0.05, 0.1) is 11.2 Å². The van der Waals surface area contributed by atoms with Crippen LogP contribution in [0.5, 0.6) is 0 Å². The van der Waals surface area contributed by atoms with Crippen LogP contribution in [0.4, 0.5) is 5.69 Å². The Morgan fingerprint density at radius 3 is 2.39 bits per heavy atom. The maximum absolute atomic E-state index is 12.8. The van der Waals surface area contributed by atoms with E-state index >= 15 is 0 Å². The summed E-state index contributed by atoms with van der Waals surface area (Å²) in [5.41, 5.74) is 1.12. The number of benzene rings is 1. The topological polar surface area (TPSA) is 106 Å². The third-order valence-corrected chi connectivity index (χ3v) is 6.40. The van der Waals surface area contributed by atoms with Crippen LogP contribution in [0.3, 0.4) is 0 Å². The van der Waals surface area contributed by atoms with Crippen LogP contribution < -0.4 is 5.32 Å². The third kappa shape index (κ3) is 4.79. The van der Waals surface area contributed by atoms with Gasteiger partial charge in [-0.2, -0.15) is 4.31 Å². The molecule has 9 heteroatoms. The highest BCUT2D eigenvalue weighted by Gasteiger charge is 2.24. The quantitative estimate of drug-likeness (QED) is 0.673. The number of amides is 1. The summed E-state index contributed by atoms with van der Waals surface area (Å²) in [7, 11) is -3.66. The van der Waals surface area contributed by atoms with Crippen LogP contribution in [0, 0.1) is 13.8 Å². The molecule has 1 N–H and O–H groups in total. The largest absolute Gasteiger partial charge is 0.469 e. The first kappa shape index (κ1) is 21.6. The van der Waals surface area contributed by atoms with Crippen molar-refractivity contribution in [1.82, 2.24) is 4.31 Å². The van der Waals surface area contributed by atoms with E-state index in [0.29, 0.717) is 30.1 Å². The fourth-order valence-corrected chi connectivity index (χ4v) is 4.37. The summed E-state index contributed by atoms with van der Waals surface area (Å²) in [5.74, 6) is -0.852.